The molecular weight excluding hydrogens is 294 g/mol. The first kappa shape index (κ1) is 17.6. The van der Waals surface area contributed by atoms with E-state index in [0.29, 0.717) is 19.3 Å². The molecular formula is C22H23NO. The van der Waals surface area contributed by atoms with Crippen molar-refractivity contribution < 1.29 is 4.79 Å². The Kier molecular flexibility index (Phi) is 6.40. The maximum absolute atomic E-state index is 11.9. The van der Waals surface area contributed by atoms with Crippen LogP contribution in [0.15, 0.2) is 55.1 Å². The Balaban J connectivity index is 1.94. The van der Waals surface area contributed by atoms with Gasteiger partial charge in [-0.1, -0.05) is 49.0 Å². The monoisotopic (exact) mass is 317 g/mol. The summed E-state index contributed by atoms with van der Waals surface area (Å²) in [6.07, 6.45) is 7.64. The molecule has 0 saturated heterocycles. The first-order valence-corrected chi connectivity index (χ1v) is 8.16. The van der Waals surface area contributed by atoms with E-state index in [1.165, 1.54) is 5.56 Å². The van der Waals surface area contributed by atoms with Crippen LogP contribution in [-0.2, 0) is 11.2 Å². The number of ketones is 1. The van der Waals surface area contributed by atoms with E-state index >= 15 is 0 Å². The average molecular weight is 317 g/mol. The topological polar surface area (TPSA) is 29.1 Å². The Bertz CT molecular complexity index is 750. The Hall–Kier alpha value is -2.79. The van der Waals surface area contributed by atoms with Crippen molar-refractivity contribution in [3.05, 3.63) is 71.8 Å². The number of para-hydroxylation sites is 1. The number of carbonyl (C=O) groups is 1. The Morgan fingerprint density at radius 3 is 2.54 bits per heavy atom. The van der Waals surface area contributed by atoms with Crippen molar-refractivity contribution in [3.8, 4) is 12.3 Å². The summed E-state index contributed by atoms with van der Waals surface area (Å²) >= 11 is 0. The van der Waals surface area contributed by atoms with Gasteiger partial charge in [0.1, 0.15) is 5.78 Å². The molecule has 0 aromatic heterocycles. The van der Waals surface area contributed by atoms with Gasteiger partial charge in [-0.3, -0.25) is 4.79 Å². The molecule has 0 fully saturated rings. The fraction of sp³-hybridized carbons (Fsp3) is 0.227. The number of nitrogens with one attached hydrogen (secondary N) is 1. The van der Waals surface area contributed by atoms with Gasteiger partial charge >= 0.3 is 0 Å². The van der Waals surface area contributed by atoms with Gasteiger partial charge in [0.15, 0.2) is 0 Å². The summed E-state index contributed by atoms with van der Waals surface area (Å²) in [6.45, 7) is 6.17. The zero-order valence-corrected chi connectivity index (χ0v) is 14.1. The molecule has 2 nitrogen and oxygen atoms in total. The van der Waals surface area contributed by atoms with Gasteiger partial charge in [-0.2, -0.15) is 0 Å². The van der Waals surface area contributed by atoms with Crippen LogP contribution in [0.2, 0.25) is 0 Å². The van der Waals surface area contributed by atoms with Crippen molar-refractivity contribution in [2.45, 2.75) is 32.6 Å². The molecule has 24 heavy (non-hydrogen) atoms. The fourth-order valence-corrected chi connectivity index (χ4v) is 2.48. The van der Waals surface area contributed by atoms with E-state index < -0.39 is 0 Å². The number of anilines is 1. The molecule has 2 aromatic carbocycles. The van der Waals surface area contributed by atoms with Crippen LogP contribution in [0.1, 0.15) is 36.0 Å². The molecule has 0 aliphatic carbocycles. The number of terminal acetylenes is 1. The van der Waals surface area contributed by atoms with Crippen LogP contribution in [-0.4, -0.2) is 5.78 Å². The first-order chi connectivity index (χ1) is 11.6. The van der Waals surface area contributed by atoms with Crippen molar-refractivity contribution >= 4 is 17.2 Å². The molecule has 1 N–H and O–H groups in total. The summed E-state index contributed by atoms with van der Waals surface area (Å²) in [7, 11) is 0. The molecule has 0 radical (unpaired) electrons. The highest BCUT2D eigenvalue weighted by atomic mass is 16.1. The molecule has 122 valence electrons. The van der Waals surface area contributed by atoms with Crippen molar-refractivity contribution in [1.82, 2.24) is 0 Å². The van der Waals surface area contributed by atoms with Crippen molar-refractivity contribution in [1.29, 1.82) is 0 Å². The predicted molar refractivity (Wildman–Crippen MR) is 102 cm³/mol. The molecule has 2 rings (SSSR count). The van der Waals surface area contributed by atoms with Crippen LogP contribution in [0.3, 0.4) is 0 Å². The third kappa shape index (κ3) is 5.14. The lowest BCUT2D eigenvalue weighted by atomic mass is 10.0. The minimum atomic E-state index is 0.231. The molecule has 0 heterocycles. The Morgan fingerprint density at radius 1 is 1.17 bits per heavy atom. The number of unbranched alkanes of at least 4 members (excludes halogenated alkanes) is 1. The molecule has 0 unspecified atom stereocenters. The number of hydrogen-bond donors (Lipinski definition) is 1. The minimum Gasteiger partial charge on any atom is -0.355 e. The van der Waals surface area contributed by atoms with Crippen LogP contribution in [0.25, 0.3) is 5.70 Å². The smallest absolute Gasteiger partial charge is 0.137 e. The molecule has 2 aromatic rings. The van der Waals surface area contributed by atoms with Crippen LogP contribution in [0.5, 0.6) is 0 Å². The fourth-order valence-electron chi connectivity index (χ4n) is 2.48. The Labute approximate surface area is 144 Å². The Morgan fingerprint density at radius 2 is 1.88 bits per heavy atom. The third-order valence-electron chi connectivity index (χ3n) is 3.91. The summed E-state index contributed by atoms with van der Waals surface area (Å²) in [4.78, 5) is 11.9. The van der Waals surface area contributed by atoms with Gasteiger partial charge in [0.2, 0.25) is 0 Å². The molecule has 0 aliphatic rings. The lowest BCUT2D eigenvalue weighted by Gasteiger charge is -2.12. The van der Waals surface area contributed by atoms with Crippen LogP contribution in [0.4, 0.5) is 5.69 Å². The molecule has 0 atom stereocenters. The number of Topliss-reactive ketones (excluding diaryl/α,β-unsaturated/α-hetero) is 1. The van der Waals surface area contributed by atoms with Gasteiger partial charge in [0.25, 0.3) is 0 Å². The van der Waals surface area contributed by atoms with Gasteiger partial charge in [-0.05, 0) is 36.1 Å². The SMILES string of the molecule is C#CCCCC(=O)Cc1ccc(C(=C)Nc2ccccc2C)cc1. The summed E-state index contributed by atoms with van der Waals surface area (Å²) in [6, 6.07) is 16.1. The quantitative estimate of drug-likeness (QED) is 0.549. The molecule has 2 heteroatoms. The summed E-state index contributed by atoms with van der Waals surface area (Å²) in [5, 5.41) is 3.34. The predicted octanol–water partition coefficient (Wildman–Crippen LogP) is 4.99. The van der Waals surface area contributed by atoms with Gasteiger partial charge in [-0.15, -0.1) is 12.3 Å². The van der Waals surface area contributed by atoms with Crippen molar-refractivity contribution in [3.63, 3.8) is 0 Å². The second-order valence-corrected chi connectivity index (χ2v) is 5.89. The summed E-state index contributed by atoms with van der Waals surface area (Å²) < 4.78 is 0. The average Bonchev–Trinajstić information content (AvgIpc) is 2.58. The standard InChI is InChI=1S/C22H23NO/c1-4-5-6-10-21(24)16-19-12-14-20(15-13-19)18(3)23-22-11-8-7-9-17(22)2/h1,7-9,11-15,23H,3,5-6,10,16H2,2H3. The number of aryl methyl sites for hydroxylation is 1. The summed E-state index contributed by atoms with van der Waals surface area (Å²) in [5.41, 5.74) is 5.11. The minimum absolute atomic E-state index is 0.231. The van der Waals surface area contributed by atoms with E-state index in [1.54, 1.807) is 0 Å². The normalized spacial score (nSPS) is 10.0. The zero-order chi connectivity index (χ0) is 17.4. The van der Waals surface area contributed by atoms with E-state index in [2.05, 4.69) is 30.8 Å². The highest BCUT2D eigenvalue weighted by Gasteiger charge is 2.05. The summed E-state index contributed by atoms with van der Waals surface area (Å²) in [5.74, 6) is 2.79. The van der Waals surface area contributed by atoms with Gasteiger partial charge in [-0.25, -0.2) is 0 Å². The molecule has 0 saturated carbocycles. The third-order valence-corrected chi connectivity index (χ3v) is 3.91. The highest BCUT2D eigenvalue weighted by Crippen LogP contribution is 2.20. The number of carbonyl (C=O) groups excluding carboxylic acids is 1. The lowest BCUT2D eigenvalue weighted by Crippen LogP contribution is -2.03. The molecule has 0 spiro atoms. The van der Waals surface area contributed by atoms with Gasteiger partial charge < -0.3 is 5.32 Å². The van der Waals surface area contributed by atoms with Gasteiger partial charge in [0.05, 0.1) is 0 Å². The number of benzene rings is 2. The van der Waals surface area contributed by atoms with E-state index in [-0.39, 0.29) is 5.78 Å². The van der Waals surface area contributed by atoms with E-state index in [1.807, 2.05) is 42.5 Å². The van der Waals surface area contributed by atoms with Crippen LogP contribution < -0.4 is 5.32 Å². The first-order valence-electron chi connectivity index (χ1n) is 8.16. The maximum Gasteiger partial charge on any atom is 0.137 e. The maximum atomic E-state index is 11.9. The molecule has 0 amide bonds. The molecule has 0 aliphatic heterocycles. The number of rotatable bonds is 8. The largest absolute Gasteiger partial charge is 0.355 e. The van der Waals surface area contributed by atoms with E-state index in [9.17, 15) is 4.79 Å². The number of hydrogen-bond acceptors (Lipinski definition) is 2. The van der Waals surface area contributed by atoms with Crippen LogP contribution in [0, 0.1) is 19.3 Å². The van der Waals surface area contributed by atoms with E-state index in [0.717, 1.165) is 28.9 Å². The second-order valence-electron chi connectivity index (χ2n) is 5.89. The van der Waals surface area contributed by atoms with E-state index in [4.69, 9.17) is 6.42 Å². The second kappa shape index (κ2) is 8.74. The van der Waals surface area contributed by atoms with Crippen molar-refractivity contribution in [2.24, 2.45) is 0 Å². The van der Waals surface area contributed by atoms with Crippen LogP contribution >= 0.6 is 0 Å². The zero-order valence-electron chi connectivity index (χ0n) is 14.1. The lowest BCUT2D eigenvalue weighted by molar-refractivity contribution is -0.118. The van der Waals surface area contributed by atoms with Crippen molar-refractivity contribution in [2.75, 3.05) is 5.32 Å². The van der Waals surface area contributed by atoms with Gasteiger partial charge in [0, 0.05) is 30.6 Å². The molecule has 0 bridgehead atoms. The highest BCUT2D eigenvalue weighted by molar-refractivity contribution is 5.81.